The Morgan fingerprint density at radius 3 is 2.67 bits per heavy atom. The van der Waals surface area contributed by atoms with Gasteiger partial charge in [-0.3, -0.25) is 0 Å². The monoisotopic (exact) mass is 329 g/mol. The van der Waals surface area contributed by atoms with Crippen molar-refractivity contribution in [2.45, 2.75) is 6.92 Å². The molecule has 1 N–H and O–H groups in total. The van der Waals surface area contributed by atoms with E-state index in [1.165, 1.54) is 11.3 Å². The Morgan fingerprint density at radius 1 is 1.14 bits per heavy atom. The third-order valence-corrected chi connectivity index (χ3v) is 3.89. The normalized spacial score (nSPS) is 11.1. The maximum Gasteiger partial charge on any atom is 0.225 e. The summed E-state index contributed by atoms with van der Waals surface area (Å²) in [7, 11) is 0. The lowest BCUT2D eigenvalue weighted by molar-refractivity contribution is 0.449. The molecule has 0 amide bonds. The van der Waals surface area contributed by atoms with E-state index in [1.54, 1.807) is 6.07 Å². The van der Waals surface area contributed by atoms with Gasteiger partial charge in [-0.2, -0.15) is 4.98 Å². The smallest absolute Gasteiger partial charge is 0.225 e. The summed E-state index contributed by atoms with van der Waals surface area (Å²) in [6.45, 7) is 1.88. The molecule has 0 unspecified atom stereocenters. The van der Waals surface area contributed by atoms with E-state index < -0.39 is 17.5 Å². The summed E-state index contributed by atoms with van der Waals surface area (Å²) in [5.41, 5.74) is -0.228. The van der Waals surface area contributed by atoms with Gasteiger partial charge in [-0.15, -0.1) is 11.3 Å². The number of hydrogen-bond acceptors (Lipinski definition) is 4. The molecule has 21 heavy (non-hydrogen) atoms. The van der Waals surface area contributed by atoms with Crippen LogP contribution in [0.2, 0.25) is 5.28 Å². The van der Waals surface area contributed by atoms with Crippen molar-refractivity contribution < 1.29 is 13.2 Å². The topological polar surface area (TPSA) is 37.8 Å². The maximum atomic E-state index is 13.7. The highest BCUT2D eigenvalue weighted by Gasteiger charge is 2.16. The molecule has 3 rings (SSSR count). The number of halogens is 4. The van der Waals surface area contributed by atoms with Crippen LogP contribution in [0.25, 0.3) is 10.2 Å². The summed E-state index contributed by atoms with van der Waals surface area (Å²) >= 11 is 7.21. The van der Waals surface area contributed by atoms with Gasteiger partial charge in [0.2, 0.25) is 5.28 Å². The Bertz CT molecular complexity index is 850. The van der Waals surface area contributed by atoms with Gasteiger partial charge < -0.3 is 5.32 Å². The number of aryl methyl sites for hydroxylation is 1. The van der Waals surface area contributed by atoms with Crippen LogP contribution in [0.15, 0.2) is 18.2 Å². The summed E-state index contributed by atoms with van der Waals surface area (Å²) in [6.07, 6.45) is 0. The molecule has 108 valence electrons. The zero-order valence-electron chi connectivity index (χ0n) is 10.5. The van der Waals surface area contributed by atoms with Crippen molar-refractivity contribution in [3.05, 3.63) is 45.8 Å². The van der Waals surface area contributed by atoms with Crippen molar-refractivity contribution in [3.63, 3.8) is 0 Å². The second-order valence-corrected chi connectivity index (χ2v) is 5.84. The largest absolute Gasteiger partial charge is 0.337 e. The van der Waals surface area contributed by atoms with Crippen LogP contribution in [0, 0.1) is 24.4 Å². The molecule has 0 aliphatic heterocycles. The lowest BCUT2D eigenvalue weighted by atomic mass is 10.2. The molecule has 0 saturated carbocycles. The third-order valence-electron chi connectivity index (χ3n) is 2.78. The maximum absolute atomic E-state index is 13.7. The molecule has 1 aromatic carbocycles. The summed E-state index contributed by atoms with van der Waals surface area (Å²) in [6, 6.07) is 3.73. The van der Waals surface area contributed by atoms with Gasteiger partial charge in [-0.1, -0.05) is 0 Å². The molecule has 0 fully saturated rings. The van der Waals surface area contributed by atoms with Crippen LogP contribution in [0.3, 0.4) is 0 Å². The van der Waals surface area contributed by atoms with Crippen LogP contribution in [-0.4, -0.2) is 9.97 Å². The van der Waals surface area contributed by atoms with Crippen LogP contribution in [-0.2, 0) is 0 Å². The van der Waals surface area contributed by atoms with Crippen LogP contribution in [0.4, 0.5) is 24.7 Å². The first-order chi connectivity index (χ1) is 9.95. The van der Waals surface area contributed by atoms with Crippen molar-refractivity contribution in [1.29, 1.82) is 0 Å². The molecule has 3 nitrogen and oxygen atoms in total. The summed E-state index contributed by atoms with van der Waals surface area (Å²) in [5.74, 6) is -3.88. The molecule has 8 heteroatoms. The number of thiophene rings is 1. The number of benzene rings is 1. The van der Waals surface area contributed by atoms with Crippen LogP contribution < -0.4 is 5.32 Å². The second kappa shape index (κ2) is 5.16. The predicted molar refractivity (Wildman–Crippen MR) is 76.8 cm³/mol. The number of rotatable bonds is 2. The SMILES string of the molecule is Cc1cc2c(Nc3ccc(F)c(F)c3F)nc(Cl)nc2s1. The number of fused-ring (bicyclic) bond motifs is 1. The van der Waals surface area contributed by atoms with Crippen molar-refractivity contribution in [2.24, 2.45) is 0 Å². The fourth-order valence-electron chi connectivity index (χ4n) is 1.86. The van der Waals surface area contributed by atoms with Crippen LogP contribution in [0.5, 0.6) is 0 Å². The molecule has 0 atom stereocenters. The van der Waals surface area contributed by atoms with Crippen LogP contribution >= 0.6 is 22.9 Å². The quantitative estimate of drug-likeness (QED) is 0.541. The highest BCUT2D eigenvalue weighted by atomic mass is 35.5. The molecule has 0 aliphatic carbocycles. The lowest BCUT2D eigenvalue weighted by Gasteiger charge is -2.08. The average molecular weight is 330 g/mol. The number of hydrogen-bond donors (Lipinski definition) is 1. The minimum atomic E-state index is -1.54. The minimum Gasteiger partial charge on any atom is -0.337 e. The highest BCUT2D eigenvalue weighted by molar-refractivity contribution is 7.18. The summed E-state index contributed by atoms with van der Waals surface area (Å²) in [4.78, 5) is 9.62. The molecule has 0 saturated heterocycles. The van der Waals surface area contributed by atoms with E-state index in [1.807, 2.05) is 6.92 Å². The lowest BCUT2D eigenvalue weighted by Crippen LogP contribution is -2.01. The summed E-state index contributed by atoms with van der Waals surface area (Å²) in [5, 5.41) is 3.24. The van der Waals surface area contributed by atoms with Gasteiger partial charge in [0.15, 0.2) is 17.5 Å². The zero-order chi connectivity index (χ0) is 15.1. The van der Waals surface area contributed by atoms with E-state index in [-0.39, 0.29) is 16.8 Å². The first kappa shape index (κ1) is 14.1. The Labute approximate surface area is 126 Å². The van der Waals surface area contributed by atoms with E-state index in [0.29, 0.717) is 10.2 Å². The van der Waals surface area contributed by atoms with E-state index in [0.717, 1.165) is 17.0 Å². The number of aromatic nitrogens is 2. The Kier molecular flexibility index (Phi) is 3.46. The van der Waals surface area contributed by atoms with Gasteiger partial charge in [-0.05, 0) is 36.7 Å². The van der Waals surface area contributed by atoms with Gasteiger partial charge in [-0.25, -0.2) is 18.2 Å². The molecule has 0 spiro atoms. The van der Waals surface area contributed by atoms with Crippen molar-refractivity contribution in [1.82, 2.24) is 9.97 Å². The molecule has 0 bridgehead atoms. The molecule has 0 aliphatic rings. The standard InChI is InChI=1S/C13H7ClF3N3S/c1-5-4-6-11(19-13(14)20-12(6)21-5)18-8-3-2-7(15)9(16)10(8)17/h2-4H,1H3,(H,18,19,20). The number of nitrogens with one attached hydrogen (secondary N) is 1. The molecule has 3 aromatic rings. The average Bonchev–Trinajstić information content (AvgIpc) is 2.79. The third kappa shape index (κ3) is 2.54. The zero-order valence-corrected chi connectivity index (χ0v) is 12.1. The van der Waals surface area contributed by atoms with E-state index in [9.17, 15) is 13.2 Å². The first-order valence-corrected chi connectivity index (χ1v) is 6.99. The van der Waals surface area contributed by atoms with E-state index >= 15 is 0 Å². The van der Waals surface area contributed by atoms with Crippen molar-refractivity contribution >= 4 is 44.7 Å². The predicted octanol–water partition coefficient (Wildman–Crippen LogP) is 4.81. The molecular formula is C13H7ClF3N3S. The molecule has 2 heterocycles. The second-order valence-electron chi connectivity index (χ2n) is 4.27. The Balaban J connectivity index is 2.12. The first-order valence-electron chi connectivity index (χ1n) is 5.80. The van der Waals surface area contributed by atoms with Gasteiger partial charge in [0.1, 0.15) is 10.6 Å². The van der Waals surface area contributed by atoms with E-state index in [4.69, 9.17) is 11.6 Å². The summed E-state index contributed by atoms with van der Waals surface area (Å²) < 4.78 is 39.9. The Morgan fingerprint density at radius 2 is 1.90 bits per heavy atom. The van der Waals surface area contributed by atoms with Gasteiger partial charge in [0, 0.05) is 4.88 Å². The molecule has 2 aromatic heterocycles. The van der Waals surface area contributed by atoms with Gasteiger partial charge >= 0.3 is 0 Å². The minimum absolute atomic E-state index is 0.0187. The fraction of sp³-hybridized carbons (Fsp3) is 0.0769. The molecular weight excluding hydrogens is 323 g/mol. The van der Waals surface area contributed by atoms with E-state index in [2.05, 4.69) is 15.3 Å². The Hall–Kier alpha value is -1.86. The van der Waals surface area contributed by atoms with Crippen LogP contribution in [0.1, 0.15) is 4.88 Å². The van der Waals surface area contributed by atoms with Gasteiger partial charge in [0.05, 0.1) is 11.1 Å². The van der Waals surface area contributed by atoms with Crippen molar-refractivity contribution in [3.8, 4) is 0 Å². The van der Waals surface area contributed by atoms with Crippen molar-refractivity contribution in [2.75, 3.05) is 5.32 Å². The highest BCUT2D eigenvalue weighted by Crippen LogP contribution is 2.32. The fourth-order valence-corrected chi connectivity index (χ4v) is 2.96. The van der Waals surface area contributed by atoms with Gasteiger partial charge in [0.25, 0.3) is 0 Å². The molecule has 0 radical (unpaired) electrons. The number of anilines is 2. The number of nitrogens with zero attached hydrogens (tertiary/aromatic N) is 2.